The molecule has 1 aromatic rings. The second-order valence-electron chi connectivity index (χ2n) is 4.51. The number of carbonyl (C=O) groups is 1. The molecule has 0 aliphatic carbocycles. The normalized spacial score (nSPS) is 10.5. The first-order valence-corrected chi connectivity index (χ1v) is 5.94. The molecule has 0 aliphatic rings. The number of nitrogens with zero attached hydrogens (tertiary/aromatic N) is 1. The summed E-state index contributed by atoms with van der Waals surface area (Å²) in [6.07, 6.45) is 0.917. The Morgan fingerprint density at radius 1 is 1.42 bits per heavy atom. The zero-order valence-corrected chi connectivity index (χ0v) is 10.9. The highest BCUT2D eigenvalue weighted by atomic mass is 16.6. The van der Waals surface area contributed by atoms with Crippen LogP contribution in [-0.2, 0) is 0 Å². The Morgan fingerprint density at radius 3 is 2.63 bits per heavy atom. The number of nitro benzene ring substituents is 1. The van der Waals surface area contributed by atoms with Gasteiger partial charge in [-0.1, -0.05) is 0 Å². The van der Waals surface area contributed by atoms with Gasteiger partial charge in [-0.15, -0.1) is 0 Å². The Balaban J connectivity index is 2.73. The van der Waals surface area contributed by atoms with Gasteiger partial charge >= 0.3 is 0 Å². The van der Waals surface area contributed by atoms with Crippen molar-refractivity contribution >= 4 is 17.3 Å². The molecule has 0 saturated heterocycles. The Bertz CT molecular complexity index is 474. The van der Waals surface area contributed by atoms with E-state index in [1.54, 1.807) is 0 Å². The van der Waals surface area contributed by atoms with Crippen LogP contribution in [0.5, 0.6) is 0 Å². The maximum Gasteiger partial charge on any atom is 0.278 e. The van der Waals surface area contributed by atoms with Gasteiger partial charge in [0.25, 0.3) is 5.69 Å². The molecule has 7 nitrogen and oxygen atoms in total. The third-order valence-electron chi connectivity index (χ3n) is 2.60. The van der Waals surface area contributed by atoms with Crippen LogP contribution in [-0.4, -0.2) is 38.1 Å². The molecule has 7 heteroatoms. The number of carbonyl (C=O) groups excluding carboxylic acids is 1. The molecule has 1 aromatic carbocycles. The van der Waals surface area contributed by atoms with E-state index in [2.05, 4.69) is 5.32 Å². The average molecular weight is 267 g/mol. The molecule has 0 aromatic heterocycles. The number of nitrogens with one attached hydrogen (secondary N) is 2. The van der Waals surface area contributed by atoms with Crippen LogP contribution >= 0.6 is 0 Å². The average Bonchev–Trinajstić information content (AvgIpc) is 2.33. The van der Waals surface area contributed by atoms with Gasteiger partial charge in [0.05, 0.1) is 37.1 Å². The Morgan fingerprint density at radius 2 is 2.11 bits per heavy atom. The van der Waals surface area contributed by atoms with Crippen LogP contribution in [0, 0.1) is 10.1 Å². The van der Waals surface area contributed by atoms with E-state index in [1.807, 2.05) is 14.1 Å². The van der Waals surface area contributed by atoms with Gasteiger partial charge in [0.15, 0.2) is 0 Å². The lowest BCUT2D eigenvalue weighted by molar-refractivity contribution is -0.858. The molecule has 0 amide bonds. The van der Waals surface area contributed by atoms with Gasteiger partial charge in [-0.2, -0.15) is 0 Å². The number of carboxylic acid groups (broad SMARTS) is 1. The number of benzene rings is 1. The van der Waals surface area contributed by atoms with Gasteiger partial charge in [0, 0.05) is 24.7 Å². The summed E-state index contributed by atoms with van der Waals surface area (Å²) >= 11 is 0. The summed E-state index contributed by atoms with van der Waals surface area (Å²) in [4.78, 5) is 22.1. The van der Waals surface area contributed by atoms with E-state index >= 15 is 0 Å². The summed E-state index contributed by atoms with van der Waals surface area (Å²) in [5.74, 6) is -1.55. The minimum Gasteiger partial charge on any atom is -0.545 e. The maximum absolute atomic E-state index is 10.9. The number of anilines is 1. The summed E-state index contributed by atoms with van der Waals surface area (Å²) in [5, 5.41) is 24.5. The number of aromatic carboxylic acids is 1. The summed E-state index contributed by atoms with van der Waals surface area (Å²) in [7, 11) is 4.08. The molecule has 19 heavy (non-hydrogen) atoms. The number of hydrogen-bond acceptors (Lipinski definition) is 5. The lowest BCUT2D eigenvalue weighted by Crippen LogP contribution is -3.05. The van der Waals surface area contributed by atoms with E-state index in [-0.39, 0.29) is 0 Å². The van der Waals surface area contributed by atoms with Crippen LogP contribution in [0.3, 0.4) is 0 Å². The standard InChI is InChI=1S/C12H17N3O4/c1-14(2)7-3-6-13-9-4-5-11(15(18)19)10(8-9)12(16)17/h4-5,8,13H,3,6-7H2,1-2H3,(H,16,17). The highest BCUT2D eigenvalue weighted by Gasteiger charge is 2.14. The Hall–Kier alpha value is -2.15. The molecule has 0 unspecified atom stereocenters. The Kier molecular flexibility index (Phi) is 5.25. The molecule has 104 valence electrons. The summed E-state index contributed by atoms with van der Waals surface area (Å²) < 4.78 is 0. The zero-order chi connectivity index (χ0) is 14.4. The van der Waals surface area contributed by atoms with E-state index < -0.39 is 22.1 Å². The minimum atomic E-state index is -1.55. The van der Waals surface area contributed by atoms with Gasteiger partial charge in [0.1, 0.15) is 0 Å². The monoisotopic (exact) mass is 267 g/mol. The summed E-state index contributed by atoms with van der Waals surface area (Å²) in [5.41, 5.74) is -0.324. The van der Waals surface area contributed by atoms with Crippen molar-refractivity contribution in [3.8, 4) is 0 Å². The molecule has 0 radical (unpaired) electrons. The predicted molar refractivity (Wildman–Crippen MR) is 68.2 cm³/mol. The molecule has 0 bridgehead atoms. The van der Waals surface area contributed by atoms with Crippen molar-refractivity contribution in [3.05, 3.63) is 33.9 Å². The first kappa shape index (κ1) is 14.9. The number of carboxylic acids is 1. The predicted octanol–water partition coefficient (Wildman–Crippen LogP) is -1.10. The van der Waals surface area contributed by atoms with Crippen LogP contribution < -0.4 is 15.3 Å². The van der Waals surface area contributed by atoms with Crippen LogP contribution in [0.1, 0.15) is 16.8 Å². The fourth-order valence-electron chi connectivity index (χ4n) is 1.64. The molecule has 0 heterocycles. The van der Waals surface area contributed by atoms with Gasteiger partial charge in [-0.05, 0) is 12.1 Å². The van der Waals surface area contributed by atoms with E-state index in [0.29, 0.717) is 12.2 Å². The van der Waals surface area contributed by atoms with Crippen LogP contribution in [0.15, 0.2) is 18.2 Å². The molecule has 2 N–H and O–H groups in total. The van der Waals surface area contributed by atoms with Gasteiger partial charge in [-0.3, -0.25) is 10.1 Å². The largest absolute Gasteiger partial charge is 0.545 e. The lowest BCUT2D eigenvalue weighted by atomic mass is 10.1. The molecular weight excluding hydrogens is 250 g/mol. The first-order chi connectivity index (χ1) is 8.91. The van der Waals surface area contributed by atoms with Crippen molar-refractivity contribution < 1.29 is 19.7 Å². The topological polar surface area (TPSA) is 99.7 Å². The summed E-state index contributed by atoms with van der Waals surface area (Å²) in [6.45, 7) is 1.66. The zero-order valence-electron chi connectivity index (χ0n) is 10.9. The van der Waals surface area contributed by atoms with Crippen molar-refractivity contribution in [1.29, 1.82) is 0 Å². The second-order valence-corrected chi connectivity index (χ2v) is 4.51. The molecule has 0 fully saturated rings. The Labute approximate surface area is 111 Å². The third kappa shape index (κ3) is 4.55. The molecule has 0 aliphatic heterocycles. The molecule has 0 spiro atoms. The minimum absolute atomic E-state index is 0.409. The SMILES string of the molecule is C[NH+](C)CCCNc1ccc([N+](=O)[O-])c(C(=O)[O-])c1. The second kappa shape index (κ2) is 6.69. The van der Waals surface area contributed by atoms with E-state index in [9.17, 15) is 20.0 Å². The third-order valence-corrected chi connectivity index (χ3v) is 2.60. The first-order valence-electron chi connectivity index (χ1n) is 5.94. The van der Waals surface area contributed by atoms with Crippen LogP contribution in [0.25, 0.3) is 0 Å². The van der Waals surface area contributed by atoms with E-state index in [1.165, 1.54) is 23.1 Å². The molecule has 1 rings (SSSR count). The van der Waals surface area contributed by atoms with Crippen molar-refractivity contribution in [1.82, 2.24) is 0 Å². The van der Waals surface area contributed by atoms with Crippen molar-refractivity contribution in [2.45, 2.75) is 6.42 Å². The van der Waals surface area contributed by atoms with Crippen LogP contribution in [0.4, 0.5) is 11.4 Å². The van der Waals surface area contributed by atoms with Gasteiger partial charge < -0.3 is 20.1 Å². The smallest absolute Gasteiger partial charge is 0.278 e. The highest BCUT2D eigenvalue weighted by Crippen LogP contribution is 2.22. The highest BCUT2D eigenvalue weighted by molar-refractivity contribution is 5.92. The summed E-state index contributed by atoms with van der Waals surface area (Å²) in [6, 6.07) is 3.90. The van der Waals surface area contributed by atoms with E-state index in [4.69, 9.17) is 0 Å². The molecular formula is C12H17N3O4. The molecule has 0 atom stereocenters. The van der Waals surface area contributed by atoms with Crippen molar-refractivity contribution in [3.63, 3.8) is 0 Å². The number of nitro groups is 1. The van der Waals surface area contributed by atoms with E-state index in [0.717, 1.165) is 13.0 Å². The van der Waals surface area contributed by atoms with Gasteiger partial charge in [0.2, 0.25) is 0 Å². The van der Waals surface area contributed by atoms with Crippen molar-refractivity contribution in [2.75, 3.05) is 32.5 Å². The van der Waals surface area contributed by atoms with Crippen LogP contribution in [0.2, 0.25) is 0 Å². The quantitative estimate of drug-likeness (QED) is 0.371. The number of hydrogen-bond donors (Lipinski definition) is 2. The fourth-order valence-corrected chi connectivity index (χ4v) is 1.64. The molecule has 0 saturated carbocycles. The maximum atomic E-state index is 10.9. The van der Waals surface area contributed by atoms with Gasteiger partial charge in [-0.25, -0.2) is 0 Å². The number of quaternary nitrogens is 1. The fraction of sp³-hybridized carbons (Fsp3) is 0.417. The van der Waals surface area contributed by atoms with Crippen molar-refractivity contribution in [2.24, 2.45) is 0 Å². The number of rotatable bonds is 7. The lowest BCUT2D eigenvalue weighted by Gasteiger charge is -2.10.